The SMILES string of the molecule is CC1(C)CC2CCC(c3nc(Br)c4c(N)nccn34)CN2C1=O. The molecule has 1 amide bonds. The highest BCUT2D eigenvalue weighted by atomic mass is 79.9. The van der Waals surface area contributed by atoms with Crippen LogP contribution in [0.3, 0.4) is 0 Å². The van der Waals surface area contributed by atoms with Crippen molar-refractivity contribution in [2.75, 3.05) is 12.3 Å². The molecule has 2 aliphatic heterocycles. The third kappa shape index (κ3) is 2.16. The number of fused-ring (bicyclic) bond motifs is 2. The van der Waals surface area contributed by atoms with E-state index >= 15 is 0 Å². The first-order valence-electron chi connectivity index (χ1n) is 7.97. The topological polar surface area (TPSA) is 76.5 Å². The number of amides is 1. The van der Waals surface area contributed by atoms with Gasteiger partial charge in [-0.05, 0) is 35.2 Å². The van der Waals surface area contributed by atoms with Crippen LogP contribution < -0.4 is 5.73 Å². The number of aromatic nitrogens is 3. The molecule has 0 aliphatic carbocycles. The van der Waals surface area contributed by atoms with Crippen LogP contribution in [0.4, 0.5) is 5.82 Å². The van der Waals surface area contributed by atoms with E-state index < -0.39 is 0 Å². The first-order valence-corrected chi connectivity index (χ1v) is 8.77. The predicted octanol–water partition coefficient (Wildman–Crippen LogP) is 2.58. The van der Waals surface area contributed by atoms with Crippen LogP contribution in [0.2, 0.25) is 0 Å². The highest BCUT2D eigenvalue weighted by Gasteiger charge is 2.48. The Morgan fingerprint density at radius 3 is 2.96 bits per heavy atom. The lowest BCUT2D eigenvalue weighted by Crippen LogP contribution is -2.42. The molecule has 0 bridgehead atoms. The van der Waals surface area contributed by atoms with Gasteiger partial charge in [0, 0.05) is 36.3 Å². The van der Waals surface area contributed by atoms with Gasteiger partial charge in [-0.25, -0.2) is 9.97 Å². The van der Waals surface area contributed by atoms with E-state index in [2.05, 4.69) is 44.6 Å². The number of anilines is 1. The lowest BCUT2D eigenvalue weighted by atomic mass is 9.87. The summed E-state index contributed by atoms with van der Waals surface area (Å²) in [7, 11) is 0. The van der Waals surface area contributed by atoms with E-state index in [0.717, 1.165) is 37.1 Å². The van der Waals surface area contributed by atoms with Gasteiger partial charge in [0.25, 0.3) is 0 Å². The molecular weight excluding hydrogens is 358 g/mol. The number of hydrogen-bond acceptors (Lipinski definition) is 4. The van der Waals surface area contributed by atoms with Crippen molar-refractivity contribution in [1.29, 1.82) is 0 Å². The van der Waals surface area contributed by atoms with E-state index in [-0.39, 0.29) is 17.2 Å². The number of hydrogen-bond donors (Lipinski definition) is 1. The molecule has 0 saturated carbocycles. The maximum atomic E-state index is 12.6. The van der Waals surface area contributed by atoms with Gasteiger partial charge >= 0.3 is 0 Å². The van der Waals surface area contributed by atoms with Gasteiger partial charge in [-0.1, -0.05) is 13.8 Å². The number of imidazole rings is 1. The van der Waals surface area contributed by atoms with Gasteiger partial charge in [-0.15, -0.1) is 0 Å². The lowest BCUT2D eigenvalue weighted by Gasteiger charge is -2.34. The highest BCUT2D eigenvalue weighted by Crippen LogP contribution is 2.43. The molecule has 0 spiro atoms. The number of rotatable bonds is 1. The van der Waals surface area contributed by atoms with Crippen LogP contribution in [0.1, 0.15) is 44.9 Å². The Morgan fingerprint density at radius 2 is 2.17 bits per heavy atom. The van der Waals surface area contributed by atoms with Crippen LogP contribution in [0.25, 0.3) is 5.52 Å². The molecule has 2 N–H and O–H groups in total. The van der Waals surface area contributed by atoms with E-state index in [4.69, 9.17) is 5.73 Å². The molecule has 4 rings (SSSR count). The number of carbonyl (C=O) groups excluding carboxylic acids is 1. The molecule has 2 aromatic heterocycles. The van der Waals surface area contributed by atoms with E-state index in [1.807, 2.05) is 10.6 Å². The van der Waals surface area contributed by atoms with Crippen molar-refractivity contribution in [3.05, 3.63) is 22.8 Å². The number of halogens is 1. The molecule has 2 atom stereocenters. The minimum absolute atomic E-state index is 0.227. The van der Waals surface area contributed by atoms with Gasteiger partial charge in [-0.2, -0.15) is 0 Å². The zero-order valence-electron chi connectivity index (χ0n) is 13.3. The fourth-order valence-corrected chi connectivity index (χ4v) is 4.67. The maximum Gasteiger partial charge on any atom is 0.228 e. The summed E-state index contributed by atoms with van der Waals surface area (Å²) in [5.74, 6) is 1.92. The Kier molecular flexibility index (Phi) is 3.20. The molecular formula is C16H20BrN5O. The van der Waals surface area contributed by atoms with E-state index in [1.54, 1.807) is 6.20 Å². The largest absolute Gasteiger partial charge is 0.382 e. The second-order valence-electron chi connectivity index (χ2n) is 7.27. The number of carbonyl (C=O) groups is 1. The Balaban J connectivity index is 1.71. The molecule has 6 nitrogen and oxygen atoms in total. The molecule has 4 heterocycles. The molecule has 122 valence electrons. The van der Waals surface area contributed by atoms with Crippen LogP contribution in [-0.2, 0) is 4.79 Å². The van der Waals surface area contributed by atoms with Gasteiger partial charge < -0.3 is 10.6 Å². The first-order chi connectivity index (χ1) is 10.9. The smallest absolute Gasteiger partial charge is 0.228 e. The van der Waals surface area contributed by atoms with Crippen molar-refractivity contribution in [2.24, 2.45) is 5.41 Å². The molecule has 7 heteroatoms. The minimum Gasteiger partial charge on any atom is -0.382 e. The molecule has 0 radical (unpaired) electrons. The molecule has 2 aromatic rings. The average Bonchev–Trinajstić information content (AvgIpc) is 2.95. The normalized spacial score (nSPS) is 26.7. The quantitative estimate of drug-likeness (QED) is 0.828. The van der Waals surface area contributed by atoms with Crippen LogP contribution in [-0.4, -0.2) is 37.8 Å². The third-order valence-corrected chi connectivity index (χ3v) is 5.78. The van der Waals surface area contributed by atoms with Crippen molar-refractivity contribution >= 4 is 33.2 Å². The van der Waals surface area contributed by atoms with E-state index in [1.165, 1.54) is 0 Å². The summed E-state index contributed by atoms with van der Waals surface area (Å²) in [6.07, 6.45) is 6.61. The van der Waals surface area contributed by atoms with Gasteiger partial charge in [0.05, 0.1) is 0 Å². The molecule has 23 heavy (non-hydrogen) atoms. The summed E-state index contributed by atoms with van der Waals surface area (Å²) < 4.78 is 2.72. The van der Waals surface area contributed by atoms with Crippen molar-refractivity contribution in [2.45, 2.75) is 45.1 Å². The molecule has 2 aliphatic rings. The zero-order chi connectivity index (χ0) is 16.4. The van der Waals surface area contributed by atoms with Crippen LogP contribution >= 0.6 is 15.9 Å². The number of nitrogens with two attached hydrogens (primary N) is 1. The summed E-state index contributed by atoms with van der Waals surface area (Å²) in [6.45, 7) is 4.84. The summed E-state index contributed by atoms with van der Waals surface area (Å²) in [6, 6.07) is 0.384. The number of piperidine rings is 1. The summed E-state index contributed by atoms with van der Waals surface area (Å²) >= 11 is 3.49. The second kappa shape index (κ2) is 4.93. The molecule has 2 saturated heterocycles. The van der Waals surface area contributed by atoms with Crippen LogP contribution in [0, 0.1) is 5.41 Å². The average molecular weight is 378 g/mol. The predicted molar refractivity (Wildman–Crippen MR) is 91.0 cm³/mol. The Morgan fingerprint density at radius 1 is 1.39 bits per heavy atom. The van der Waals surface area contributed by atoms with Crippen molar-refractivity contribution in [1.82, 2.24) is 19.3 Å². The standard InChI is InChI=1S/C16H20BrN5O/c1-16(2)7-10-4-3-9(8-22(10)15(16)23)14-20-12(17)11-13(18)19-5-6-21(11)14/h5-6,9-10H,3-4,7-8H2,1-2H3,(H2,18,19). The Hall–Kier alpha value is -1.63. The third-order valence-electron chi connectivity index (χ3n) is 5.22. The van der Waals surface area contributed by atoms with E-state index in [9.17, 15) is 4.79 Å². The Bertz CT molecular complexity index is 799. The van der Waals surface area contributed by atoms with Gasteiger partial charge in [0.1, 0.15) is 15.9 Å². The summed E-state index contributed by atoms with van der Waals surface area (Å²) in [4.78, 5) is 23.5. The lowest BCUT2D eigenvalue weighted by molar-refractivity contribution is -0.136. The zero-order valence-corrected chi connectivity index (χ0v) is 14.9. The van der Waals surface area contributed by atoms with E-state index in [0.29, 0.717) is 16.5 Å². The number of nitrogens with zero attached hydrogens (tertiary/aromatic N) is 4. The fourth-order valence-electron chi connectivity index (χ4n) is 4.09. The number of nitrogen functional groups attached to an aromatic ring is 1. The molecule has 2 fully saturated rings. The van der Waals surface area contributed by atoms with Crippen LogP contribution in [0.15, 0.2) is 17.0 Å². The fraction of sp³-hybridized carbons (Fsp3) is 0.562. The van der Waals surface area contributed by atoms with Gasteiger partial charge in [-0.3, -0.25) is 9.20 Å². The molecule has 2 unspecified atom stereocenters. The molecule has 0 aromatic carbocycles. The van der Waals surface area contributed by atoms with Gasteiger partial charge in [0.15, 0.2) is 5.82 Å². The summed E-state index contributed by atoms with van der Waals surface area (Å²) in [5.41, 5.74) is 6.55. The highest BCUT2D eigenvalue weighted by molar-refractivity contribution is 9.10. The van der Waals surface area contributed by atoms with Crippen molar-refractivity contribution in [3.8, 4) is 0 Å². The van der Waals surface area contributed by atoms with Crippen molar-refractivity contribution < 1.29 is 4.79 Å². The van der Waals surface area contributed by atoms with Gasteiger partial charge in [0.2, 0.25) is 5.91 Å². The maximum absolute atomic E-state index is 12.6. The van der Waals surface area contributed by atoms with Crippen LogP contribution in [0.5, 0.6) is 0 Å². The minimum atomic E-state index is -0.233. The first kappa shape index (κ1) is 14.9. The van der Waals surface area contributed by atoms with Crippen molar-refractivity contribution in [3.63, 3.8) is 0 Å². The summed E-state index contributed by atoms with van der Waals surface area (Å²) in [5, 5.41) is 0. The monoisotopic (exact) mass is 377 g/mol. The second-order valence-corrected chi connectivity index (χ2v) is 8.02. The Labute approximate surface area is 143 Å².